The minimum Gasteiger partial charge on any atom is -0.340 e. The van der Waals surface area contributed by atoms with E-state index >= 15 is 0 Å². The highest BCUT2D eigenvalue weighted by atomic mass is 35.5. The lowest BCUT2D eigenvalue weighted by Gasteiger charge is -2.22. The molecule has 0 aliphatic rings. The molecular formula is C22H27ClFN3O4S. The predicted molar refractivity (Wildman–Crippen MR) is 123 cm³/mol. The first-order chi connectivity index (χ1) is 15.0. The Morgan fingerprint density at radius 3 is 2.31 bits per heavy atom. The molecular weight excluding hydrogens is 457 g/mol. The fourth-order valence-corrected chi connectivity index (χ4v) is 4.73. The summed E-state index contributed by atoms with van der Waals surface area (Å²) in [7, 11) is -3.75. The van der Waals surface area contributed by atoms with Crippen LogP contribution in [-0.2, 0) is 14.8 Å². The summed E-state index contributed by atoms with van der Waals surface area (Å²) in [6, 6.07) is 8.48. The van der Waals surface area contributed by atoms with Crippen molar-refractivity contribution >= 4 is 39.1 Å². The second kappa shape index (κ2) is 10.9. The average molecular weight is 484 g/mol. The van der Waals surface area contributed by atoms with E-state index in [9.17, 15) is 22.4 Å². The van der Waals surface area contributed by atoms with E-state index in [1.165, 1.54) is 40.7 Å². The maximum absolute atomic E-state index is 14.0. The number of halogens is 2. The molecule has 10 heteroatoms. The number of hydrogen-bond acceptors (Lipinski definition) is 4. The lowest BCUT2D eigenvalue weighted by atomic mass is 10.0. The van der Waals surface area contributed by atoms with Crippen LogP contribution >= 0.6 is 11.6 Å². The summed E-state index contributed by atoms with van der Waals surface area (Å²) >= 11 is 5.73. The summed E-state index contributed by atoms with van der Waals surface area (Å²) in [6.45, 7) is 7.51. The lowest BCUT2D eigenvalue weighted by molar-refractivity contribution is -0.118. The Labute approximate surface area is 193 Å². The Morgan fingerprint density at radius 1 is 1.09 bits per heavy atom. The molecule has 1 atom stereocenters. The normalized spacial score (nSPS) is 12.6. The molecule has 174 valence electrons. The third kappa shape index (κ3) is 6.05. The maximum atomic E-state index is 14.0. The maximum Gasteiger partial charge on any atom is 0.251 e. The van der Waals surface area contributed by atoms with Crippen LogP contribution in [0.4, 0.5) is 10.1 Å². The van der Waals surface area contributed by atoms with E-state index in [0.29, 0.717) is 13.1 Å². The first-order valence-corrected chi connectivity index (χ1v) is 12.0. The first-order valence-electron chi connectivity index (χ1n) is 10.2. The second-order valence-corrected chi connectivity index (χ2v) is 9.80. The number of rotatable bonds is 9. The Kier molecular flexibility index (Phi) is 8.77. The van der Waals surface area contributed by atoms with Gasteiger partial charge in [-0.2, -0.15) is 4.31 Å². The predicted octanol–water partition coefficient (Wildman–Crippen LogP) is 3.90. The molecule has 0 aliphatic carbocycles. The molecule has 1 unspecified atom stereocenters. The van der Waals surface area contributed by atoms with Crippen molar-refractivity contribution in [2.45, 2.75) is 38.6 Å². The summed E-state index contributed by atoms with van der Waals surface area (Å²) < 4.78 is 40.8. The summed E-state index contributed by atoms with van der Waals surface area (Å²) in [6.07, 6.45) is 0. The van der Waals surface area contributed by atoms with Crippen LogP contribution in [0.25, 0.3) is 0 Å². The molecule has 0 aliphatic heterocycles. The van der Waals surface area contributed by atoms with Gasteiger partial charge in [-0.1, -0.05) is 45.4 Å². The fourth-order valence-electron chi connectivity index (χ4n) is 3.07. The molecule has 2 rings (SSSR count). The molecule has 32 heavy (non-hydrogen) atoms. The van der Waals surface area contributed by atoms with Crippen LogP contribution < -0.4 is 10.6 Å². The van der Waals surface area contributed by atoms with Crippen LogP contribution in [0.5, 0.6) is 0 Å². The molecule has 0 spiro atoms. The zero-order valence-electron chi connectivity index (χ0n) is 18.4. The van der Waals surface area contributed by atoms with Crippen molar-refractivity contribution in [3.05, 3.63) is 58.9 Å². The van der Waals surface area contributed by atoms with Gasteiger partial charge in [0.15, 0.2) is 0 Å². The Hall–Kier alpha value is -2.49. The van der Waals surface area contributed by atoms with Crippen LogP contribution in [0, 0.1) is 11.7 Å². The van der Waals surface area contributed by atoms with Crippen LogP contribution in [0.1, 0.15) is 38.1 Å². The van der Waals surface area contributed by atoms with E-state index in [-0.39, 0.29) is 27.1 Å². The van der Waals surface area contributed by atoms with E-state index in [2.05, 4.69) is 10.6 Å². The van der Waals surface area contributed by atoms with Gasteiger partial charge in [0.1, 0.15) is 11.9 Å². The van der Waals surface area contributed by atoms with Crippen LogP contribution in [-0.4, -0.2) is 43.7 Å². The molecule has 2 amide bonds. The minimum absolute atomic E-state index is 0.0115. The summed E-state index contributed by atoms with van der Waals surface area (Å²) in [5.41, 5.74) is 0.0287. The SMILES string of the molecule is CCN(CC)S(=O)(=O)c1cccc(C(=O)NC(C(=O)Nc2ccc(Cl)cc2F)C(C)C)c1. The number of nitrogens with zero attached hydrogens (tertiary/aromatic N) is 1. The first kappa shape index (κ1) is 25.8. The highest BCUT2D eigenvalue weighted by Gasteiger charge is 2.27. The van der Waals surface area contributed by atoms with E-state index in [1.807, 2.05) is 0 Å². The molecule has 0 bridgehead atoms. The number of anilines is 1. The molecule has 7 nitrogen and oxygen atoms in total. The molecule has 0 saturated carbocycles. The number of amides is 2. The largest absolute Gasteiger partial charge is 0.340 e. The molecule has 0 saturated heterocycles. The van der Waals surface area contributed by atoms with Crippen molar-refractivity contribution in [3.63, 3.8) is 0 Å². The lowest BCUT2D eigenvalue weighted by Crippen LogP contribution is -2.47. The zero-order valence-corrected chi connectivity index (χ0v) is 19.9. The number of sulfonamides is 1. The number of carbonyl (C=O) groups excluding carboxylic acids is 2. The van der Waals surface area contributed by atoms with E-state index in [0.717, 1.165) is 6.07 Å². The summed E-state index contributed by atoms with van der Waals surface area (Å²) in [5, 5.41) is 5.25. The van der Waals surface area contributed by atoms with Crippen molar-refractivity contribution in [1.29, 1.82) is 0 Å². The molecule has 0 aromatic heterocycles. The van der Waals surface area contributed by atoms with Crippen molar-refractivity contribution in [2.75, 3.05) is 18.4 Å². The zero-order chi connectivity index (χ0) is 24.1. The number of benzene rings is 2. The minimum atomic E-state index is -3.75. The fraction of sp³-hybridized carbons (Fsp3) is 0.364. The van der Waals surface area contributed by atoms with Gasteiger partial charge in [-0.25, -0.2) is 12.8 Å². The molecule has 2 aromatic carbocycles. The van der Waals surface area contributed by atoms with Crippen molar-refractivity contribution in [3.8, 4) is 0 Å². The van der Waals surface area contributed by atoms with E-state index in [1.54, 1.807) is 27.7 Å². The molecule has 2 aromatic rings. The Morgan fingerprint density at radius 2 is 1.75 bits per heavy atom. The third-order valence-corrected chi connectivity index (χ3v) is 7.15. The average Bonchev–Trinajstić information content (AvgIpc) is 2.74. The third-order valence-electron chi connectivity index (χ3n) is 4.86. The van der Waals surface area contributed by atoms with Gasteiger partial charge in [-0.05, 0) is 42.3 Å². The summed E-state index contributed by atoms with van der Waals surface area (Å²) in [4.78, 5) is 25.5. The molecule has 0 radical (unpaired) electrons. The quantitative estimate of drug-likeness (QED) is 0.565. The van der Waals surface area contributed by atoms with Gasteiger partial charge in [-0.3, -0.25) is 9.59 Å². The highest BCUT2D eigenvalue weighted by Crippen LogP contribution is 2.20. The van der Waals surface area contributed by atoms with E-state index in [4.69, 9.17) is 11.6 Å². The monoisotopic (exact) mass is 483 g/mol. The van der Waals surface area contributed by atoms with Gasteiger partial charge < -0.3 is 10.6 Å². The van der Waals surface area contributed by atoms with Crippen LogP contribution in [0.2, 0.25) is 5.02 Å². The van der Waals surface area contributed by atoms with Gasteiger partial charge in [0.25, 0.3) is 5.91 Å². The standard InChI is InChI=1S/C22H27ClFN3O4S/c1-5-27(6-2)32(30,31)17-9-7-8-15(12-17)21(28)26-20(14(3)4)22(29)25-19-11-10-16(23)13-18(19)24/h7-14,20H,5-6H2,1-4H3,(H,25,29)(H,26,28). The van der Waals surface area contributed by atoms with Crippen LogP contribution in [0.15, 0.2) is 47.4 Å². The van der Waals surface area contributed by atoms with Gasteiger partial charge in [0.05, 0.1) is 10.6 Å². The second-order valence-electron chi connectivity index (χ2n) is 7.43. The highest BCUT2D eigenvalue weighted by molar-refractivity contribution is 7.89. The molecule has 0 fully saturated rings. The number of carbonyl (C=O) groups is 2. The van der Waals surface area contributed by atoms with Crippen molar-refractivity contribution < 1.29 is 22.4 Å². The number of hydrogen-bond donors (Lipinski definition) is 2. The summed E-state index contributed by atoms with van der Waals surface area (Å²) in [5.74, 6) is -2.25. The van der Waals surface area contributed by atoms with Crippen molar-refractivity contribution in [2.24, 2.45) is 5.92 Å². The van der Waals surface area contributed by atoms with Crippen LogP contribution in [0.3, 0.4) is 0 Å². The smallest absolute Gasteiger partial charge is 0.251 e. The van der Waals surface area contributed by atoms with Gasteiger partial charge in [0.2, 0.25) is 15.9 Å². The topological polar surface area (TPSA) is 95.6 Å². The molecule has 0 heterocycles. The van der Waals surface area contributed by atoms with E-state index < -0.39 is 33.7 Å². The number of nitrogens with one attached hydrogen (secondary N) is 2. The Bertz CT molecular complexity index is 1090. The molecule has 2 N–H and O–H groups in total. The van der Waals surface area contributed by atoms with Gasteiger partial charge in [0, 0.05) is 23.7 Å². The Balaban J connectivity index is 2.24. The van der Waals surface area contributed by atoms with Gasteiger partial charge >= 0.3 is 0 Å². The van der Waals surface area contributed by atoms with Gasteiger partial charge in [-0.15, -0.1) is 0 Å². The van der Waals surface area contributed by atoms with Crippen molar-refractivity contribution in [1.82, 2.24) is 9.62 Å².